The molecule has 0 aromatic carbocycles. The Kier molecular flexibility index (Phi) is 3.77. The summed E-state index contributed by atoms with van der Waals surface area (Å²) in [5.74, 6) is 0.418. The summed E-state index contributed by atoms with van der Waals surface area (Å²) in [6.45, 7) is 4.91. The zero-order valence-electron chi connectivity index (χ0n) is 9.52. The van der Waals surface area contributed by atoms with Crippen molar-refractivity contribution >= 4 is 12.3 Å². The van der Waals surface area contributed by atoms with Crippen molar-refractivity contribution in [3.05, 3.63) is 0 Å². The van der Waals surface area contributed by atoms with Gasteiger partial charge in [0.15, 0.2) is 0 Å². The molecular weight excluding hydrogens is 206 g/mol. The predicted octanol–water partition coefficient (Wildman–Crippen LogP) is -0.713. The molecule has 2 heterocycles. The quantitative estimate of drug-likeness (QED) is 0.631. The van der Waals surface area contributed by atoms with Gasteiger partial charge in [0.25, 0.3) is 0 Å². The van der Waals surface area contributed by atoms with Gasteiger partial charge >= 0.3 is 0 Å². The summed E-state index contributed by atoms with van der Waals surface area (Å²) >= 11 is 0. The summed E-state index contributed by atoms with van der Waals surface area (Å²) in [5, 5.41) is 3.24. The van der Waals surface area contributed by atoms with Crippen LogP contribution in [0.5, 0.6) is 0 Å². The minimum atomic E-state index is 0.134. The van der Waals surface area contributed by atoms with Crippen molar-refractivity contribution in [2.75, 3.05) is 39.3 Å². The Morgan fingerprint density at radius 2 is 1.75 bits per heavy atom. The molecule has 16 heavy (non-hydrogen) atoms. The van der Waals surface area contributed by atoms with Crippen LogP contribution in [0.2, 0.25) is 0 Å². The molecule has 0 aromatic rings. The average Bonchev–Trinajstić information content (AvgIpc) is 2.39. The van der Waals surface area contributed by atoms with E-state index >= 15 is 0 Å². The Morgan fingerprint density at radius 3 is 2.31 bits per heavy atom. The molecule has 0 unspecified atom stereocenters. The molecule has 5 heteroatoms. The van der Waals surface area contributed by atoms with Crippen LogP contribution in [-0.2, 0) is 9.59 Å². The lowest BCUT2D eigenvalue weighted by Gasteiger charge is -2.34. The predicted molar refractivity (Wildman–Crippen MR) is 59.8 cm³/mol. The maximum Gasteiger partial charge on any atom is 0.225 e. The van der Waals surface area contributed by atoms with Gasteiger partial charge in [-0.3, -0.25) is 9.59 Å². The van der Waals surface area contributed by atoms with Crippen LogP contribution in [0.1, 0.15) is 12.8 Å². The normalized spacial score (nSPS) is 23.2. The van der Waals surface area contributed by atoms with Crippen molar-refractivity contribution in [3.63, 3.8) is 0 Å². The van der Waals surface area contributed by atoms with Gasteiger partial charge in [0.05, 0.1) is 0 Å². The van der Waals surface area contributed by atoms with Crippen LogP contribution in [0.4, 0.5) is 0 Å². The van der Waals surface area contributed by atoms with Gasteiger partial charge in [0.2, 0.25) is 12.3 Å². The van der Waals surface area contributed by atoms with Crippen molar-refractivity contribution < 1.29 is 9.59 Å². The SMILES string of the molecule is O=CN1CCC(C(=O)N2CCNCC2)CC1. The number of likely N-dealkylation sites (tertiary alicyclic amines) is 1. The second-order valence-corrected chi connectivity index (χ2v) is 4.49. The molecule has 0 aromatic heterocycles. The molecule has 5 nitrogen and oxygen atoms in total. The van der Waals surface area contributed by atoms with Gasteiger partial charge in [0.1, 0.15) is 0 Å². The van der Waals surface area contributed by atoms with E-state index in [1.807, 2.05) is 4.90 Å². The van der Waals surface area contributed by atoms with Crippen LogP contribution < -0.4 is 5.32 Å². The molecule has 0 radical (unpaired) electrons. The van der Waals surface area contributed by atoms with Crippen molar-refractivity contribution in [2.24, 2.45) is 5.92 Å². The highest BCUT2D eigenvalue weighted by molar-refractivity contribution is 5.79. The van der Waals surface area contributed by atoms with Crippen molar-refractivity contribution in [3.8, 4) is 0 Å². The van der Waals surface area contributed by atoms with Crippen LogP contribution in [0, 0.1) is 5.92 Å². The Balaban J connectivity index is 1.83. The van der Waals surface area contributed by atoms with Gasteiger partial charge < -0.3 is 15.1 Å². The summed E-state index contributed by atoms with van der Waals surface area (Å²) in [6, 6.07) is 0. The van der Waals surface area contributed by atoms with Crippen molar-refractivity contribution in [1.82, 2.24) is 15.1 Å². The highest BCUT2D eigenvalue weighted by Gasteiger charge is 2.28. The average molecular weight is 225 g/mol. The number of rotatable bonds is 2. The highest BCUT2D eigenvalue weighted by Crippen LogP contribution is 2.18. The van der Waals surface area contributed by atoms with E-state index in [0.29, 0.717) is 0 Å². The van der Waals surface area contributed by atoms with Crippen LogP contribution in [-0.4, -0.2) is 61.4 Å². The van der Waals surface area contributed by atoms with Gasteiger partial charge in [-0.15, -0.1) is 0 Å². The van der Waals surface area contributed by atoms with Crippen LogP contribution in [0.3, 0.4) is 0 Å². The topological polar surface area (TPSA) is 52.7 Å². The molecule has 2 aliphatic heterocycles. The van der Waals surface area contributed by atoms with E-state index in [0.717, 1.165) is 58.5 Å². The van der Waals surface area contributed by atoms with Crippen molar-refractivity contribution in [2.45, 2.75) is 12.8 Å². The zero-order valence-corrected chi connectivity index (χ0v) is 9.52. The second kappa shape index (κ2) is 5.30. The second-order valence-electron chi connectivity index (χ2n) is 4.49. The minimum absolute atomic E-state index is 0.134. The fourth-order valence-electron chi connectivity index (χ4n) is 2.40. The lowest BCUT2D eigenvalue weighted by Crippen LogP contribution is -2.50. The third-order valence-electron chi connectivity index (χ3n) is 3.46. The van der Waals surface area contributed by atoms with E-state index < -0.39 is 0 Å². The minimum Gasteiger partial charge on any atom is -0.345 e. The molecule has 0 atom stereocenters. The first-order valence-corrected chi connectivity index (χ1v) is 6.00. The Hall–Kier alpha value is -1.10. The van der Waals surface area contributed by atoms with E-state index in [9.17, 15) is 9.59 Å². The third kappa shape index (κ3) is 2.52. The number of hydrogen-bond acceptors (Lipinski definition) is 3. The number of nitrogens with one attached hydrogen (secondary N) is 1. The first-order chi connectivity index (χ1) is 7.81. The van der Waals surface area contributed by atoms with Crippen LogP contribution >= 0.6 is 0 Å². The molecule has 0 spiro atoms. The van der Waals surface area contributed by atoms with E-state index in [1.54, 1.807) is 4.90 Å². The van der Waals surface area contributed by atoms with Crippen LogP contribution in [0.25, 0.3) is 0 Å². The summed E-state index contributed by atoms with van der Waals surface area (Å²) < 4.78 is 0. The maximum atomic E-state index is 12.1. The molecular formula is C11H19N3O2. The van der Waals surface area contributed by atoms with Crippen molar-refractivity contribution in [1.29, 1.82) is 0 Å². The third-order valence-corrected chi connectivity index (χ3v) is 3.46. The lowest BCUT2D eigenvalue weighted by atomic mass is 9.95. The molecule has 0 saturated carbocycles. The molecule has 0 bridgehead atoms. The first-order valence-electron chi connectivity index (χ1n) is 6.00. The number of carbonyl (C=O) groups excluding carboxylic acids is 2. The zero-order chi connectivity index (χ0) is 11.4. The standard InChI is InChI=1S/C11H19N3O2/c15-9-13-5-1-10(2-6-13)11(16)14-7-3-12-4-8-14/h9-10,12H,1-8H2. The molecule has 2 aliphatic rings. The largest absolute Gasteiger partial charge is 0.345 e. The Bertz CT molecular complexity index is 256. The van der Waals surface area contributed by atoms with Gasteiger partial charge in [0, 0.05) is 45.2 Å². The smallest absolute Gasteiger partial charge is 0.225 e. The number of nitrogens with zero attached hydrogens (tertiary/aromatic N) is 2. The van der Waals surface area contributed by atoms with E-state index in [1.165, 1.54) is 0 Å². The van der Waals surface area contributed by atoms with E-state index in [4.69, 9.17) is 0 Å². The van der Waals surface area contributed by atoms with Gasteiger partial charge in [-0.25, -0.2) is 0 Å². The summed E-state index contributed by atoms with van der Waals surface area (Å²) in [4.78, 5) is 26.4. The summed E-state index contributed by atoms with van der Waals surface area (Å²) in [6.07, 6.45) is 2.52. The molecule has 2 amide bonds. The van der Waals surface area contributed by atoms with Gasteiger partial charge in [-0.2, -0.15) is 0 Å². The highest BCUT2D eigenvalue weighted by atomic mass is 16.2. The summed E-state index contributed by atoms with van der Waals surface area (Å²) in [5.41, 5.74) is 0. The lowest BCUT2D eigenvalue weighted by molar-refractivity contribution is -0.138. The molecule has 2 rings (SSSR count). The molecule has 2 saturated heterocycles. The number of hydrogen-bond donors (Lipinski definition) is 1. The summed E-state index contributed by atoms with van der Waals surface area (Å²) in [7, 11) is 0. The molecule has 1 N–H and O–H groups in total. The van der Waals surface area contributed by atoms with E-state index in [2.05, 4.69) is 5.32 Å². The fourth-order valence-corrected chi connectivity index (χ4v) is 2.40. The molecule has 0 aliphatic carbocycles. The van der Waals surface area contributed by atoms with Crippen LogP contribution in [0.15, 0.2) is 0 Å². The molecule has 90 valence electrons. The van der Waals surface area contributed by atoms with E-state index in [-0.39, 0.29) is 11.8 Å². The number of piperidine rings is 1. The molecule has 2 fully saturated rings. The Morgan fingerprint density at radius 1 is 1.12 bits per heavy atom. The number of amides is 2. The Labute approximate surface area is 95.8 Å². The number of piperazine rings is 1. The van der Waals surface area contributed by atoms with Gasteiger partial charge in [-0.1, -0.05) is 0 Å². The monoisotopic (exact) mass is 225 g/mol. The number of carbonyl (C=O) groups is 2. The van der Waals surface area contributed by atoms with Gasteiger partial charge in [-0.05, 0) is 12.8 Å². The fraction of sp³-hybridized carbons (Fsp3) is 0.818. The first kappa shape index (κ1) is 11.4. The maximum absolute atomic E-state index is 12.1.